The molecular formula is C15H10F7N5O. The van der Waals surface area contributed by atoms with Crippen LogP contribution in [0.25, 0.3) is 0 Å². The van der Waals surface area contributed by atoms with Gasteiger partial charge in [-0.15, -0.1) is 0 Å². The van der Waals surface area contributed by atoms with Gasteiger partial charge in [-0.2, -0.15) is 18.2 Å². The third-order valence-corrected chi connectivity index (χ3v) is 3.02. The molecule has 2 rings (SSSR count). The summed E-state index contributed by atoms with van der Waals surface area (Å²) in [6.45, 7) is 0. The Labute approximate surface area is 152 Å². The van der Waals surface area contributed by atoms with Crippen LogP contribution in [0.15, 0.2) is 34.3 Å². The molecule has 0 amide bonds. The molecule has 28 heavy (non-hydrogen) atoms. The molecule has 13 heteroatoms. The van der Waals surface area contributed by atoms with Crippen LogP contribution in [0.3, 0.4) is 0 Å². The molecule has 2 aromatic carbocycles. The van der Waals surface area contributed by atoms with Crippen LogP contribution >= 0.6 is 0 Å². The molecule has 0 aliphatic heterocycles. The second-order valence-electron chi connectivity index (χ2n) is 5.11. The Morgan fingerprint density at radius 3 is 1.86 bits per heavy atom. The maximum atomic E-state index is 13.9. The molecule has 0 spiro atoms. The molecular weight excluding hydrogens is 399 g/mol. The lowest BCUT2D eigenvalue weighted by molar-refractivity contribution is -0.138. The highest BCUT2D eigenvalue weighted by molar-refractivity contribution is 5.93. The molecule has 0 aliphatic rings. The molecule has 0 radical (unpaired) electrons. The third-order valence-electron chi connectivity index (χ3n) is 3.02. The fourth-order valence-electron chi connectivity index (χ4n) is 1.90. The molecule has 0 bridgehead atoms. The van der Waals surface area contributed by atoms with E-state index in [4.69, 9.17) is 21.9 Å². The molecule has 0 fully saturated rings. The van der Waals surface area contributed by atoms with Gasteiger partial charge in [0.15, 0.2) is 40.7 Å². The summed E-state index contributed by atoms with van der Waals surface area (Å²) in [5.74, 6) is -9.69. The minimum Gasteiger partial charge on any atom is -0.449 e. The van der Waals surface area contributed by atoms with Gasteiger partial charge in [0, 0.05) is 12.1 Å². The fraction of sp³-hybridized carbons (Fsp3) is 0.0667. The monoisotopic (exact) mass is 409 g/mol. The lowest BCUT2D eigenvalue weighted by atomic mass is 10.2. The summed E-state index contributed by atoms with van der Waals surface area (Å²) in [7, 11) is 0. The summed E-state index contributed by atoms with van der Waals surface area (Å²) in [5, 5.41) is 0. The van der Waals surface area contributed by atoms with E-state index in [1.54, 1.807) is 0 Å². The van der Waals surface area contributed by atoms with Gasteiger partial charge >= 0.3 is 6.18 Å². The van der Waals surface area contributed by atoms with Crippen molar-refractivity contribution in [2.75, 3.05) is 0 Å². The zero-order valence-electron chi connectivity index (χ0n) is 13.5. The van der Waals surface area contributed by atoms with Crippen molar-refractivity contribution in [1.29, 1.82) is 0 Å². The van der Waals surface area contributed by atoms with Crippen LogP contribution in [-0.2, 0) is 6.18 Å². The van der Waals surface area contributed by atoms with Crippen LogP contribution in [0, 0.1) is 23.3 Å². The van der Waals surface area contributed by atoms with Gasteiger partial charge in [-0.25, -0.2) is 22.6 Å². The van der Waals surface area contributed by atoms with E-state index in [9.17, 15) is 30.7 Å². The Kier molecular flexibility index (Phi) is 5.66. The van der Waals surface area contributed by atoms with Gasteiger partial charge in [0.05, 0.1) is 5.56 Å². The standard InChI is InChI=1S/C15H10F7N5O/c16-6-3-10(26-14(25)27-13(23)24)11(4-7(6)17)28-12-8(18)1-5(2-9(12)19)15(20,21)22/h1-4H,(H6,23,24,25,26,27). The van der Waals surface area contributed by atoms with Crippen LogP contribution in [0.2, 0.25) is 0 Å². The molecule has 0 aliphatic carbocycles. The molecule has 0 unspecified atom stereocenters. The van der Waals surface area contributed by atoms with E-state index in [0.717, 1.165) is 0 Å². The maximum absolute atomic E-state index is 13.9. The Hall–Kier alpha value is -3.51. The molecule has 150 valence electrons. The number of guanidine groups is 2. The predicted molar refractivity (Wildman–Crippen MR) is 84.9 cm³/mol. The van der Waals surface area contributed by atoms with Crippen LogP contribution in [0.5, 0.6) is 11.5 Å². The van der Waals surface area contributed by atoms with Gasteiger partial charge in [0.1, 0.15) is 5.69 Å². The summed E-state index contributed by atoms with van der Waals surface area (Å²) in [6, 6.07) is 0.733. The van der Waals surface area contributed by atoms with E-state index in [1.165, 1.54) is 0 Å². The number of nitrogens with two attached hydrogens (primary N) is 3. The van der Waals surface area contributed by atoms with Crippen molar-refractivity contribution < 1.29 is 35.5 Å². The van der Waals surface area contributed by atoms with E-state index in [2.05, 4.69) is 9.98 Å². The minimum atomic E-state index is -5.02. The Bertz CT molecular complexity index is 945. The molecule has 0 atom stereocenters. The summed E-state index contributed by atoms with van der Waals surface area (Å²) < 4.78 is 97.3. The van der Waals surface area contributed by atoms with Gasteiger partial charge in [-0.1, -0.05) is 0 Å². The fourth-order valence-corrected chi connectivity index (χ4v) is 1.90. The molecule has 2 aromatic rings. The average molecular weight is 409 g/mol. The van der Waals surface area contributed by atoms with Crippen molar-refractivity contribution in [2.24, 2.45) is 27.2 Å². The summed E-state index contributed by atoms with van der Waals surface area (Å²) in [4.78, 5) is 6.81. The summed E-state index contributed by atoms with van der Waals surface area (Å²) in [6.07, 6.45) is -5.02. The quantitative estimate of drug-likeness (QED) is 0.410. The number of halogens is 7. The van der Waals surface area contributed by atoms with Crippen LogP contribution in [0.1, 0.15) is 5.56 Å². The highest BCUT2D eigenvalue weighted by atomic mass is 19.4. The van der Waals surface area contributed by atoms with E-state index in [1.807, 2.05) is 0 Å². The highest BCUT2D eigenvalue weighted by Gasteiger charge is 2.33. The molecule has 0 aromatic heterocycles. The van der Waals surface area contributed by atoms with Gasteiger partial charge in [0.2, 0.25) is 5.96 Å². The predicted octanol–water partition coefficient (Wildman–Crippen LogP) is 3.27. The Morgan fingerprint density at radius 1 is 0.821 bits per heavy atom. The molecule has 6 nitrogen and oxygen atoms in total. The number of nitrogens with zero attached hydrogens (tertiary/aromatic N) is 2. The zero-order chi connectivity index (χ0) is 21.2. The molecule has 0 heterocycles. The van der Waals surface area contributed by atoms with Crippen molar-refractivity contribution in [2.45, 2.75) is 6.18 Å². The van der Waals surface area contributed by atoms with Crippen molar-refractivity contribution in [3.8, 4) is 11.5 Å². The lowest BCUT2D eigenvalue weighted by Gasteiger charge is -2.13. The normalized spacial score (nSPS) is 12.0. The van der Waals surface area contributed by atoms with E-state index >= 15 is 0 Å². The second-order valence-corrected chi connectivity index (χ2v) is 5.11. The van der Waals surface area contributed by atoms with Crippen LogP contribution in [-0.4, -0.2) is 11.9 Å². The number of hydrogen-bond acceptors (Lipinski definition) is 2. The first-order valence-corrected chi connectivity index (χ1v) is 7.05. The number of hydrogen-bond donors (Lipinski definition) is 3. The van der Waals surface area contributed by atoms with E-state index < -0.39 is 64.1 Å². The molecule has 0 saturated carbocycles. The smallest absolute Gasteiger partial charge is 0.416 e. The van der Waals surface area contributed by atoms with Gasteiger partial charge < -0.3 is 21.9 Å². The van der Waals surface area contributed by atoms with Crippen LogP contribution in [0.4, 0.5) is 36.4 Å². The van der Waals surface area contributed by atoms with Crippen molar-refractivity contribution in [3.63, 3.8) is 0 Å². The first-order valence-electron chi connectivity index (χ1n) is 7.05. The summed E-state index contributed by atoms with van der Waals surface area (Å²) in [5.41, 5.74) is 13.3. The van der Waals surface area contributed by atoms with Gasteiger partial charge in [0.25, 0.3) is 0 Å². The third kappa shape index (κ3) is 4.81. The lowest BCUT2D eigenvalue weighted by Crippen LogP contribution is -2.26. The van der Waals surface area contributed by atoms with Crippen molar-refractivity contribution >= 4 is 17.6 Å². The number of alkyl halides is 3. The molecule has 6 N–H and O–H groups in total. The van der Waals surface area contributed by atoms with Crippen LogP contribution < -0.4 is 21.9 Å². The molecule has 0 saturated heterocycles. The van der Waals surface area contributed by atoms with Crippen molar-refractivity contribution in [1.82, 2.24) is 0 Å². The van der Waals surface area contributed by atoms with E-state index in [-0.39, 0.29) is 12.1 Å². The number of benzene rings is 2. The number of rotatable bonds is 3. The Morgan fingerprint density at radius 2 is 1.36 bits per heavy atom. The summed E-state index contributed by atoms with van der Waals surface area (Å²) >= 11 is 0. The zero-order valence-corrected chi connectivity index (χ0v) is 13.5. The minimum absolute atomic E-state index is 0.0327. The average Bonchev–Trinajstić information content (AvgIpc) is 2.53. The SMILES string of the molecule is NC(N)=NC(N)=Nc1cc(F)c(F)cc1Oc1c(F)cc(C(F)(F)F)cc1F. The topological polar surface area (TPSA) is 112 Å². The number of aliphatic imine (C=N–C) groups is 2. The second kappa shape index (κ2) is 7.62. The van der Waals surface area contributed by atoms with Gasteiger partial charge in [-0.05, 0) is 12.1 Å². The van der Waals surface area contributed by atoms with E-state index in [0.29, 0.717) is 12.1 Å². The van der Waals surface area contributed by atoms with Gasteiger partial charge in [-0.3, -0.25) is 0 Å². The first-order chi connectivity index (χ1) is 12.9. The largest absolute Gasteiger partial charge is 0.449 e. The highest BCUT2D eigenvalue weighted by Crippen LogP contribution is 2.38. The Balaban J connectivity index is 2.55. The first kappa shape index (κ1) is 20.8. The number of ether oxygens (including phenoxy) is 1. The maximum Gasteiger partial charge on any atom is 0.416 e. The van der Waals surface area contributed by atoms with Crippen molar-refractivity contribution in [3.05, 3.63) is 53.1 Å².